The zero-order chi connectivity index (χ0) is 14.6. The third-order valence-electron chi connectivity index (χ3n) is 3.34. The molecule has 0 saturated carbocycles. The molecule has 0 aliphatic heterocycles. The fraction of sp³-hybridized carbons (Fsp3) is 0.429. The second kappa shape index (κ2) is 5.82. The molecule has 0 spiro atoms. The number of carbonyl (C=O) groups excluding carboxylic acids is 1. The molecule has 0 aliphatic rings. The first-order valence-corrected chi connectivity index (χ1v) is 6.18. The molecule has 0 bridgehead atoms. The van der Waals surface area contributed by atoms with E-state index in [-0.39, 0.29) is 18.5 Å². The van der Waals surface area contributed by atoms with E-state index in [0.29, 0.717) is 0 Å². The van der Waals surface area contributed by atoms with Gasteiger partial charge in [0.15, 0.2) is 5.54 Å². The number of hydrogen-bond acceptors (Lipinski definition) is 2. The number of amides is 1. The molecule has 5 heteroatoms. The summed E-state index contributed by atoms with van der Waals surface area (Å²) in [6.07, 6.45) is 0.0939. The summed E-state index contributed by atoms with van der Waals surface area (Å²) in [5, 5.41) is 9.59. The van der Waals surface area contributed by atoms with Crippen LogP contribution in [0.1, 0.15) is 32.8 Å². The van der Waals surface area contributed by atoms with E-state index in [2.05, 4.69) is 0 Å². The molecule has 0 aromatic heterocycles. The van der Waals surface area contributed by atoms with Gasteiger partial charge in [0.1, 0.15) is 5.82 Å². The minimum absolute atomic E-state index is 0.0158. The van der Waals surface area contributed by atoms with Crippen LogP contribution in [0.4, 0.5) is 4.39 Å². The van der Waals surface area contributed by atoms with Gasteiger partial charge in [-0.25, -0.2) is 9.18 Å². The number of hydrogen-bond donors (Lipinski definition) is 1. The van der Waals surface area contributed by atoms with Gasteiger partial charge in [-0.1, -0.05) is 25.1 Å². The van der Waals surface area contributed by atoms with E-state index in [4.69, 9.17) is 0 Å². The van der Waals surface area contributed by atoms with Crippen molar-refractivity contribution in [1.82, 2.24) is 4.90 Å². The Morgan fingerprint density at radius 2 is 1.89 bits per heavy atom. The van der Waals surface area contributed by atoms with E-state index < -0.39 is 23.2 Å². The summed E-state index contributed by atoms with van der Waals surface area (Å²) in [6, 6.07) is 5.68. The van der Waals surface area contributed by atoms with Gasteiger partial charge in [0.2, 0.25) is 5.91 Å². The first-order chi connectivity index (χ1) is 8.91. The van der Waals surface area contributed by atoms with Gasteiger partial charge in [-0.15, -0.1) is 0 Å². The van der Waals surface area contributed by atoms with Crippen LogP contribution in [0.3, 0.4) is 0 Å². The lowest BCUT2D eigenvalue weighted by Gasteiger charge is -2.39. The second-order valence-electron chi connectivity index (χ2n) is 4.26. The monoisotopic (exact) mass is 267 g/mol. The molecule has 0 heterocycles. The third kappa shape index (κ3) is 2.45. The minimum atomic E-state index is -1.66. The molecular weight excluding hydrogens is 249 g/mol. The Balaban J connectivity index is 3.56. The van der Waals surface area contributed by atoms with Crippen LogP contribution in [0.2, 0.25) is 0 Å². The van der Waals surface area contributed by atoms with Gasteiger partial charge in [0.25, 0.3) is 0 Å². The number of aliphatic carboxylic acids is 1. The van der Waals surface area contributed by atoms with Gasteiger partial charge in [-0.2, -0.15) is 0 Å². The lowest BCUT2D eigenvalue weighted by molar-refractivity contribution is -0.160. The Labute approximate surface area is 111 Å². The predicted octanol–water partition coefficient (Wildman–Crippen LogP) is 2.38. The highest BCUT2D eigenvalue weighted by molar-refractivity contribution is 5.87. The van der Waals surface area contributed by atoms with Gasteiger partial charge >= 0.3 is 5.97 Å². The Morgan fingerprint density at radius 3 is 2.26 bits per heavy atom. The summed E-state index contributed by atoms with van der Waals surface area (Å²) in [5.74, 6) is -2.24. The number of rotatable bonds is 5. The SMILES string of the molecule is CCN(C(C)=O)C(CC)(C(=O)O)c1ccccc1F. The normalized spacial score (nSPS) is 13.7. The van der Waals surface area contributed by atoms with Crippen LogP contribution in [0.25, 0.3) is 0 Å². The van der Waals surface area contributed by atoms with E-state index in [1.807, 2.05) is 0 Å². The molecule has 1 rings (SSSR count). The van der Waals surface area contributed by atoms with Crippen molar-refractivity contribution in [3.8, 4) is 0 Å². The number of halogens is 1. The average Bonchev–Trinajstić information content (AvgIpc) is 2.36. The molecule has 19 heavy (non-hydrogen) atoms. The number of likely N-dealkylation sites (N-methyl/N-ethyl adjacent to an activating group) is 1. The fourth-order valence-electron chi connectivity index (χ4n) is 2.47. The van der Waals surface area contributed by atoms with E-state index in [9.17, 15) is 19.1 Å². The average molecular weight is 267 g/mol. The van der Waals surface area contributed by atoms with Gasteiger partial charge < -0.3 is 10.0 Å². The lowest BCUT2D eigenvalue weighted by atomic mass is 9.84. The molecular formula is C14H18FNO3. The van der Waals surface area contributed by atoms with Crippen LogP contribution in [-0.4, -0.2) is 28.4 Å². The van der Waals surface area contributed by atoms with Crippen LogP contribution in [-0.2, 0) is 15.1 Å². The Hall–Kier alpha value is -1.91. The highest BCUT2D eigenvalue weighted by Gasteiger charge is 2.46. The van der Waals surface area contributed by atoms with Crippen molar-refractivity contribution in [2.45, 2.75) is 32.7 Å². The number of carboxylic acids is 1. The van der Waals surface area contributed by atoms with Crippen molar-refractivity contribution < 1.29 is 19.1 Å². The van der Waals surface area contributed by atoms with Crippen LogP contribution in [0, 0.1) is 5.82 Å². The fourth-order valence-corrected chi connectivity index (χ4v) is 2.47. The highest BCUT2D eigenvalue weighted by Crippen LogP contribution is 2.34. The minimum Gasteiger partial charge on any atom is -0.479 e. The topological polar surface area (TPSA) is 57.6 Å². The molecule has 1 amide bonds. The zero-order valence-electron chi connectivity index (χ0n) is 11.3. The standard InChI is InChI=1S/C14H18FNO3/c1-4-14(13(18)19,16(5-2)10(3)17)11-8-6-7-9-12(11)15/h6-9H,4-5H2,1-3H3,(H,18,19). The molecule has 1 unspecified atom stereocenters. The second-order valence-corrected chi connectivity index (χ2v) is 4.26. The van der Waals surface area contributed by atoms with Crippen molar-refractivity contribution in [2.24, 2.45) is 0 Å². The maximum Gasteiger partial charge on any atom is 0.334 e. The molecule has 1 aromatic carbocycles. The zero-order valence-corrected chi connectivity index (χ0v) is 11.3. The molecule has 1 N–H and O–H groups in total. The Kier molecular flexibility index (Phi) is 4.64. The summed E-state index contributed by atoms with van der Waals surface area (Å²) in [7, 11) is 0. The molecule has 104 valence electrons. The number of carboxylic acid groups (broad SMARTS) is 1. The van der Waals surface area contributed by atoms with E-state index in [1.165, 1.54) is 30.0 Å². The van der Waals surface area contributed by atoms with Crippen LogP contribution >= 0.6 is 0 Å². The summed E-state index contributed by atoms with van der Waals surface area (Å²) >= 11 is 0. The molecule has 0 aliphatic carbocycles. The maximum atomic E-state index is 14.0. The van der Waals surface area contributed by atoms with Crippen molar-refractivity contribution >= 4 is 11.9 Å². The largest absolute Gasteiger partial charge is 0.479 e. The van der Waals surface area contributed by atoms with Crippen LogP contribution in [0.5, 0.6) is 0 Å². The van der Waals surface area contributed by atoms with Gasteiger partial charge in [0.05, 0.1) is 0 Å². The molecule has 0 saturated heterocycles. The molecule has 0 radical (unpaired) electrons. The molecule has 4 nitrogen and oxygen atoms in total. The molecule has 0 fully saturated rings. The van der Waals surface area contributed by atoms with Gasteiger partial charge in [0, 0.05) is 19.0 Å². The smallest absolute Gasteiger partial charge is 0.334 e. The summed E-state index contributed by atoms with van der Waals surface area (Å²) in [5.41, 5.74) is -1.64. The highest BCUT2D eigenvalue weighted by atomic mass is 19.1. The molecule has 1 aromatic rings. The van der Waals surface area contributed by atoms with Crippen LogP contribution < -0.4 is 0 Å². The van der Waals surface area contributed by atoms with Crippen molar-refractivity contribution in [1.29, 1.82) is 0 Å². The molecule has 1 atom stereocenters. The number of carbonyl (C=O) groups is 2. The summed E-state index contributed by atoms with van der Waals surface area (Å²) < 4.78 is 14.0. The Bertz CT molecular complexity index is 489. The number of benzene rings is 1. The van der Waals surface area contributed by atoms with Crippen molar-refractivity contribution in [2.75, 3.05) is 6.54 Å². The third-order valence-corrected chi connectivity index (χ3v) is 3.34. The van der Waals surface area contributed by atoms with Gasteiger partial charge in [-0.05, 0) is 19.4 Å². The van der Waals surface area contributed by atoms with E-state index >= 15 is 0 Å². The lowest BCUT2D eigenvalue weighted by Crippen LogP contribution is -2.54. The predicted molar refractivity (Wildman–Crippen MR) is 69.1 cm³/mol. The quantitative estimate of drug-likeness (QED) is 0.891. The van der Waals surface area contributed by atoms with Gasteiger partial charge in [-0.3, -0.25) is 4.79 Å². The van der Waals surface area contributed by atoms with Crippen LogP contribution in [0.15, 0.2) is 24.3 Å². The first kappa shape index (κ1) is 15.1. The van der Waals surface area contributed by atoms with Crippen molar-refractivity contribution in [3.63, 3.8) is 0 Å². The Morgan fingerprint density at radius 1 is 1.32 bits per heavy atom. The van der Waals surface area contributed by atoms with E-state index in [0.717, 1.165) is 0 Å². The summed E-state index contributed by atoms with van der Waals surface area (Å²) in [6.45, 7) is 4.79. The summed E-state index contributed by atoms with van der Waals surface area (Å²) in [4.78, 5) is 24.6. The van der Waals surface area contributed by atoms with Crippen molar-refractivity contribution in [3.05, 3.63) is 35.6 Å². The maximum absolute atomic E-state index is 14.0. The number of nitrogens with zero attached hydrogens (tertiary/aromatic N) is 1. The van der Waals surface area contributed by atoms with E-state index in [1.54, 1.807) is 19.9 Å². The first-order valence-electron chi connectivity index (χ1n) is 6.18.